The smallest absolute Gasteiger partial charge is 0.162 e. The van der Waals surface area contributed by atoms with Crippen LogP contribution in [0.4, 0.5) is 0 Å². The van der Waals surface area contributed by atoms with Crippen LogP contribution in [0.5, 0.6) is 0 Å². The molecule has 1 rings (SSSR count). The molecule has 1 aromatic rings. The SMILES string of the molecule is CN(C)Cc1nnn[nH]1. The monoisotopic (exact) mass is 127 g/mol. The van der Waals surface area contributed by atoms with E-state index in [1.807, 2.05) is 19.0 Å². The van der Waals surface area contributed by atoms with Gasteiger partial charge in [-0.3, -0.25) is 0 Å². The van der Waals surface area contributed by atoms with Gasteiger partial charge in [0.1, 0.15) is 0 Å². The van der Waals surface area contributed by atoms with Gasteiger partial charge in [-0.2, -0.15) is 0 Å². The number of tetrazole rings is 1. The van der Waals surface area contributed by atoms with Crippen LogP contribution >= 0.6 is 0 Å². The van der Waals surface area contributed by atoms with Crippen LogP contribution in [-0.2, 0) is 6.54 Å². The van der Waals surface area contributed by atoms with E-state index in [1.54, 1.807) is 0 Å². The molecule has 0 unspecified atom stereocenters. The van der Waals surface area contributed by atoms with E-state index >= 15 is 0 Å². The van der Waals surface area contributed by atoms with Gasteiger partial charge in [-0.05, 0) is 24.5 Å². The molecule has 0 aromatic carbocycles. The fourth-order valence-corrected chi connectivity index (χ4v) is 0.545. The van der Waals surface area contributed by atoms with Gasteiger partial charge in [0.05, 0.1) is 6.54 Å². The summed E-state index contributed by atoms with van der Waals surface area (Å²) >= 11 is 0. The van der Waals surface area contributed by atoms with Crippen LogP contribution in [0.25, 0.3) is 0 Å². The fourth-order valence-electron chi connectivity index (χ4n) is 0.545. The fraction of sp³-hybridized carbons (Fsp3) is 0.750. The van der Waals surface area contributed by atoms with Crippen LogP contribution in [0.15, 0.2) is 0 Å². The summed E-state index contributed by atoms with van der Waals surface area (Å²) in [5.41, 5.74) is 0. The molecule has 0 fully saturated rings. The minimum Gasteiger partial charge on any atom is -0.302 e. The van der Waals surface area contributed by atoms with Crippen molar-refractivity contribution in [2.45, 2.75) is 6.54 Å². The topological polar surface area (TPSA) is 57.7 Å². The van der Waals surface area contributed by atoms with Crippen molar-refractivity contribution in [1.29, 1.82) is 0 Å². The molecular weight excluding hydrogens is 118 g/mol. The molecule has 0 aliphatic carbocycles. The average Bonchev–Trinajstić information content (AvgIpc) is 2.15. The summed E-state index contributed by atoms with van der Waals surface area (Å²) in [5, 5.41) is 13.2. The predicted octanol–water partition coefficient (Wildman–Crippen LogP) is -0.739. The summed E-state index contributed by atoms with van der Waals surface area (Å²) in [7, 11) is 3.92. The highest BCUT2D eigenvalue weighted by Gasteiger charge is 1.95. The molecule has 1 N–H and O–H groups in total. The van der Waals surface area contributed by atoms with Gasteiger partial charge in [-0.1, -0.05) is 0 Å². The Hall–Kier alpha value is -0.970. The standard InChI is InChI=1S/C4H9N5/c1-9(2)3-4-5-7-8-6-4/h3H2,1-2H3,(H,5,6,7,8). The molecule has 9 heavy (non-hydrogen) atoms. The molecule has 0 amide bonds. The van der Waals surface area contributed by atoms with Gasteiger partial charge in [0, 0.05) is 0 Å². The summed E-state index contributed by atoms with van der Waals surface area (Å²) in [6.45, 7) is 0.757. The number of nitrogens with one attached hydrogen (secondary N) is 1. The maximum atomic E-state index is 3.70. The van der Waals surface area contributed by atoms with Crippen LogP contribution in [0.1, 0.15) is 5.82 Å². The van der Waals surface area contributed by atoms with E-state index in [0.717, 1.165) is 12.4 Å². The van der Waals surface area contributed by atoms with Gasteiger partial charge >= 0.3 is 0 Å². The van der Waals surface area contributed by atoms with Gasteiger partial charge in [0.25, 0.3) is 0 Å². The van der Waals surface area contributed by atoms with Gasteiger partial charge in [0.15, 0.2) is 5.82 Å². The highest BCUT2D eigenvalue weighted by atomic mass is 15.5. The van der Waals surface area contributed by atoms with Gasteiger partial charge in [0.2, 0.25) is 0 Å². The lowest BCUT2D eigenvalue weighted by molar-refractivity contribution is 0.390. The van der Waals surface area contributed by atoms with Gasteiger partial charge < -0.3 is 4.90 Å². The molecule has 0 spiro atoms. The van der Waals surface area contributed by atoms with Crippen LogP contribution in [0.3, 0.4) is 0 Å². The lowest BCUT2D eigenvalue weighted by atomic mass is 10.6. The molecule has 0 bridgehead atoms. The van der Waals surface area contributed by atoms with E-state index in [1.165, 1.54) is 0 Å². The second-order valence-electron chi connectivity index (χ2n) is 2.09. The third kappa shape index (κ3) is 1.77. The molecule has 0 atom stereocenters. The Morgan fingerprint density at radius 2 is 2.33 bits per heavy atom. The Bertz CT molecular complexity index is 155. The number of hydrogen-bond donors (Lipinski definition) is 1. The van der Waals surface area contributed by atoms with Crippen molar-refractivity contribution in [3.05, 3.63) is 5.82 Å². The number of nitrogens with zero attached hydrogens (tertiary/aromatic N) is 4. The lowest BCUT2D eigenvalue weighted by Gasteiger charge is -2.03. The molecular formula is C4H9N5. The zero-order valence-electron chi connectivity index (χ0n) is 5.50. The first-order valence-corrected chi connectivity index (χ1v) is 2.66. The van der Waals surface area contributed by atoms with E-state index in [-0.39, 0.29) is 0 Å². The highest BCUT2D eigenvalue weighted by molar-refractivity contribution is 4.73. The zero-order chi connectivity index (χ0) is 6.69. The van der Waals surface area contributed by atoms with E-state index in [0.29, 0.717) is 0 Å². The van der Waals surface area contributed by atoms with Crippen LogP contribution in [-0.4, -0.2) is 39.6 Å². The maximum Gasteiger partial charge on any atom is 0.162 e. The summed E-state index contributed by atoms with van der Waals surface area (Å²) in [6, 6.07) is 0. The molecule has 50 valence electrons. The second kappa shape index (κ2) is 2.54. The summed E-state index contributed by atoms with van der Waals surface area (Å²) < 4.78 is 0. The Balaban J connectivity index is 2.48. The second-order valence-corrected chi connectivity index (χ2v) is 2.09. The van der Waals surface area contributed by atoms with E-state index in [4.69, 9.17) is 0 Å². The number of hydrogen-bond acceptors (Lipinski definition) is 4. The minimum atomic E-state index is 0.757. The van der Waals surface area contributed by atoms with Crippen molar-refractivity contribution in [2.75, 3.05) is 14.1 Å². The summed E-state index contributed by atoms with van der Waals surface area (Å²) in [6.07, 6.45) is 0. The van der Waals surface area contributed by atoms with Crippen molar-refractivity contribution in [1.82, 2.24) is 25.5 Å². The first-order valence-electron chi connectivity index (χ1n) is 2.66. The molecule has 0 aliphatic heterocycles. The molecule has 0 radical (unpaired) electrons. The van der Waals surface area contributed by atoms with Crippen LogP contribution in [0, 0.1) is 0 Å². The molecule has 5 nitrogen and oxygen atoms in total. The highest BCUT2D eigenvalue weighted by Crippen LogP contribution is 1.86. The van der Waals surface area contributed by atoms with Crippen LogP contribution < -0.4 is 0 Å². The van der Waals surface area contributed by atoms with Crippen molar-refractivity contribution in [2.24, 2.45) is 0 Å². The Morgan fingerprint density at radius 3 is 2.78 bits per heavy atom. The van der Waals surface area contributed by atoms with Crippen LogP contribution in [0.2, 0.25) is 0 Å². The third-order valence-electron chi connectivity index (χ3n) is 0.855. The first kappa shape index (κ1) is 6.15. The Labute approximate surface area is 53.1 Å². The molecule has 0 saturated heterocycles. The average molecular weight is 127 g/mol. The summed E-state index contributed by atoms with van der Waals surface area (Å²) in [4.78, 5) is 1.99. The lowest BCUT2D eigenvalue weighted by Crippen LogP contribution is -2.11. The van der Waals surface area contributed by atoms with Gasteiger partial charge in [-0.15, -0.1) is 5.10 Å². The number of aromatic amines is 1. The van der Waals surface area contributed by atoms with Crippen molar-refractivity contribution in [3.8, 4) is 0 Å². The molecule has 0 saturated carbocycles. The van der Waals surface area contributed by atoms with E-state index in [2.05, 4.69) is 20.6 Å². The quantitative estimate of drug-likeness (QED) is 0.568. The molecule has 1 heterocycles. The maximum absolute atomic E-state index is 3.70. The molecule has 1 aromatic heterocycles. The third-order valence-corrected chi connectivity index (χ3v) is 0.855. The van der Waals surface area contributed by atoms with E-state index < -0.39 is 0 Å². The van der Waals surface area contributed by atoms with Crippen molar-refractivity contribution >= 4 is 0 Å². The Kier molecular flexibility index (Phi) is 1.74. The minimum absolute atomic E-state index is 0.757. The van der Waals surface area contributed by atoms with Crippen molar-refractivity contribution in [3.63, 3.8) is 0 Å². The molecule has 0 aliphatic rings. The number of rotatable bonds is 2. The molecule has 5 heteroatoms. The Morgan fingerprint density at radius 1 is 1.56 bits per heavy atom. The normalized spacial score (nSPS) is 10.6. The number of H-pyrrole nitrogens is 1. The predicted molar refractivity (Wildman–Crippen MR) is 31.6 cm³/mol. The first-order chi connectivity index (χ1) is 4.29. The zero-order valence-corrected chi connectivity index (χ0v) is 5.50. The summed E-state index contributed by atoms with van der Waals surface area (Å²) in [5.74, 6) is 0.792. The number of aromatic nitrogens is 4. The van der Waals surface area contributed by atoms with Crippen molar-refractivity contribution < 1.29 is 0 Å². The van der Waals surface area contributed by atoms with E-state index in [9.17, 15) is 0 Å². The largest absolute Gasteiger partial charge is 0.302 e. The van der Waals surface area contributed by atoms with Gasteiger partial charge in [-0.25, -0.2) is 5.10 Å².